The molecule has 0 bridgehead atoms. The summed E-state index contributed by atoms with van der Waals surface area (Å²) in [7, 11) is 4.87. The number of aromatic nitrogens is 2. The fourth-order valence-corrected chi connectivity index (χ4v) is 3.26. The van der Waals surface area contributed by atoms with Gasteiger partial charge in [0.1, 0.15) is 0 Å². The van der Waals surface area contributed by atoms with E-state index in [1.54, 1.807) is 27.5 Å². The summed E-state index contributed by atoms with van der Waals surface area (Å²) in [5, 5.41) is 2.08. The van der Waals surface area contributed by atoms with Crippen molar-refractivity contribution in [2.45, 2.75) is 0 Å². The Hall–Kier alpha value is -3.21. The monoisotopic (exact) mass is 334 g/mol. The first kappa shape index (κ1) is 15.3. The summed E-state index contributed by atoms with van der Waals surface area (Å²) in [5.74, 6) is 1.86. The minimum atomic E-state index is 0.579. The molecule has 0 spiro atoms. The molecule has 126 valence electrons. The second kappa shape index (κ2) is 6.02. The molecule has 0 amide bonds. The van der Waals surface area contributed by atoms with Crippen molar-refractivity contribution in [1.29, 1.82) is 0 Å². The van der Waals surface area contributed by atoms with Crippen molar-refractivity contribution in [3.63, 3.8) is 0 Å². The summed E-state index contributed by atoms with van der Waals surface area (Å²) >= 11 is 0. The van der Waals surface area contributed by atoms with Gasteiger partial charge in [-0.1, -0.05) is 6.07 Å². The van der Waals surface area contributed by atoms with E-state index in [1.165, 1.54) is 0 Å². The van der Waals surface area contributed by atoms with Crippen LogP contribution in [0.5, 0.6) is 17.2 Å². The predicted molar refractivity (Wildman–Crippen MR) is 98.2 cm³/mol. The molecular formula is C20H18N2O3. The molecule has 0 aliphatic carbocycles. The fourth-order valence-electron chi connectivity index (χ4n) is 3.26. The Morgan fingerprint density at radius 2 is 1.72 bits per heavy atom. The van der Waals surface area contributed by atoms with Crippen LogP contribution >= 0.6 is 0 Å². The molecule has 25 heavy (non-hydrogen) atoms. The highest BCUT2D eigenvalue weighted by Crippen LogP contribution is 2.44. The molecule has 0 saturated heterocycles. The number of rotatable bonds is 4. The van der Waals surface area contributed by atoms with E-state index in [-0.39, 0.29) is 0 Å². The van der Waals surface area contributed by atoms with Crippen LogP contribution in [0.1, 0.15) is 0 Å². The minimum Gasteiger partial charge on any atom is -0.493 e. The first-order valence-corrected chi connectivity index (χ1v) is 7.92. The van der Waals surface area contributed by atoms with Crippen LogP contribution in [0.15, 0.2) is 54.9 Å². The molecule has 5 nitrogen and oxygen atoms in total. The Kier molecular flexibility index (Phi) is 3.69. The first-order valence-electron chi connectivity index (χ1n) is 7.92. The van der Waals surface area contributed by atoms with Gasteiger partial charge in [-0.05, 0) is 36.4 Å². The summed E-state index contributed by atoms with van der Waals surface area (Å²) in [6.07, 6.45) is 3.82. The van der Waals surface area contributed by atoms with Crippen LogP contribution in [0.3, 0.4) is 0 Å². The third-order valence-corrected chi connectivity index (χ3v) is 4.36. The Balaban J connectivity index is 2.09. The van der Waals surface area contributed by atoms with Crippen LogP contribution in [0.25, 0.3) is 27.5 Å². The van der Waals surface area contributed by atoms with Crippen molar-refractivity contribution < 1.29 is 14.2 Å². The number of benzene rings is 2. The number of nitrogens with zero attached hydrogens (tertiary/aromatic N) is 2. The lowest BCUT2D eigenvalue weighted by molar-refractivity contribution is 0.326. The van der Waals surface area contributed by atoms with Gasteiger partial charge in [0.2, 0.25) is 5.75 Å². The van der Waals surface area contributed by atoms with E-state index in [0.717, 1.165) is 27.5 Å². The van der Waals surface area contributed by atoms with E-state index < -0.39 is 0 Å². The Morgan fingerprint density at radius 3 is 2.48 bits per heavy atom. The number of fused-ring (bicyclic) bond motifs is 2. The Bertz CT molecular complexity index is 1060. The van der Waals surface area contributed by atoms with Crippen molar-refractivity contribution in [3.05, 3.63) is 54.9 Å². The molecule has 0 fully saturated rings. The third kappa shape index (κ3) is 2.28. The molecule has 2 heterocycles. The molecule has 5 heteroatoms. The van der Waals surface area contributed by atoms with Gasteiger partial charge >= 0.3 is 0 Å². The highest BCUT2D eigenvalue weighted by atomic mass is 16.5. The van der Waals surface area contributed by atoms with Gasteiger partial charge < -0.3 is 18.8 Å². The summed E-state index contributed by atoms with van der Waals surface area (Å²) in [6, 6.07) is 14.1. The van der Waals surface area contributed by atoms with E-state index in [4.69, 9.17) is 14.2 Å². The zero-order valence-corrected chi connectivity index (χ0v) is 14.3. The smallest absolute Gasteiger partial charge is 0.205 e. The van der Waals surface area contributed by atoms with Gasteiger partial charge in [-0.3, -0.25) is 4.98 Å². The maximum Gasteiger partial charge on any atom is 0.205 e. The van der Waals surface area contributed by atoms with Crippen molar-refractivity contribution in [3.8, 4) is 22.9 Å². The lowest BCUT2D eigenvalue weighted by atomic mass is 10.1. The maximum atomic E-state index is 5.68. The highest BCUT2D eigenvalue weighted by Gasteiger charge is 2.20. The largest absolute Gasteiger partial charge is 0.493 e. The van der Waals surface area contributed by atoms with Crippen LogP contribution in [0.2, 0.25) is 0 Å². The molecule has 4 rings (SSSR count). The van der Waals surface area contributed by atoms with E-state index >= 15 is 0 Å². The van der Waals surface area contributed by atoms with Gasteiger partial charge in [-0.2, -0.15) is 0 Å². The molecule has 0 saturated carbocycles. The van der Waals surface area contributed by atoms with Crippen molar-refractivity contribution in [2.75, 3.05) is 21.3 Å². The molecule has 2 aromatic carbocycles. The number of hydrogen-bond acceptors (Lipinski definition) is 4. The normalized spacial score (nSPS) is 11.0. The molecule has 0 aliphatic heterocycles. The molecular weight excluding hydrogens is 316 g/mol. The average molecular weight is 334 g/mol. The standard InChI is InChI=1S/C20H18N2O3/c1-23-17-12-13-9-11-22(18(13)20(25-3)19(17)24-2)16-8-4-7-15-14(16)6-5-10-21-15/h4-12H,1-3H3. The fraction of sp³-hybridized carbons (Fsp3) is 0.150. The maximum absolute atomic E-state index is 5.68. The van der Waals surface area contributed by atoms with Gasteiger partial charge in [0.25, 0.3) is 0 Å². The minimum absolute atomic E-state index is 0.579. The lowest BCUT2D eigenvalue weighted by Crippen LogP contribution is -1.99. The number of methoxy groups -OCH3 is 3. The van der Waals surface area contributed by atoms with Crippen molar-refractivity contribution in [1.82, 2.24) is 9.55 Å². The van der Waals surface area contributed by atoms with E-state index in [9.17, 15) is 0 Å². The van der Waals surface area contributed by atoms with Crippen molar-refractivity contribution >= 4 is 21.8 Å². The highest BCUT2D eigenvalue weighted by molar-refractivity contribution is 5.95. The summed E-state index contributed by atoms with van der Waals surface area (Å²) < 4.78 is 18.8. The second-order valence-electron chi connectivity index (χ2n) is 5.62. The molecule has 4 aromatic rings. The number of pyridine rings is 1. The summed E-state index contributed by atoms with van der Waals surface area (Å²) in [4.78, 5) is 4.45. The van der Waals surface area contributed by atoms with Gasteiger partial charge in [0.15, 0.2) is 11.5 Å². The summed E-state index contributed by atoms with van der Waals surface area (Å²) in [6.45, 7) is 0. The van der Waals surface area contributed by atoms with E-state index in [1.807, 2.05) is 36.5 Å². The van der Waals surface area contributed by atoms with Crippen molar-refractivity contribution in [2.24, 2.45) is 0 Å². The second-order valence-corrected chi connectivity index (χ2v) is 5.62. The third-order valence-electron chi connectivity index (χ3n) is 4.36. The van der Waals surface area contributed by atoms with Crippen LogP contribution in [-0.2, 0) is 0 Å². The average Bonchev–Trinajstić information content (AvgIpc) is 3.09. The van der Waals surface area contributed by atoms with Gasteiger partial charge in [-0.15, -0.1) is 0 Å². The van der Waals surface area contributed by atoms with E-state index in [0.29, 0.717) is 17.2 Å². The number of hydrogen-bond donors (Lipinski definition) is 0. The zero-order valence-electron chi connectivity index (χ0n) is 14.3. The summed E-state index contributed by atoms with van der Waals surface area (Å²) in [5.41, 5.74) is 2.91. The van der Waals surface area contributed by atoms with E-state index in [2.05, 4.69) is 21.7 Å². The first-order chi connectivity index (χ1) is 12.3. The van der Waals surface area contributed by atoms with Crippen LogP contribution in [0, 0.1) is 0 Å². The molecule has 0 atom stereocenters. The van der Waals surface area contributed by atoms with Crippen LogP contribution in [0.4, 0.5) is 0 Å². The molecule has 2 aromatic heterocycles. The zero-order chi connectivity index (χ0) is 17.4. The molecule has 0 aliphatic rings. The molecule has 0 unspecified atom stereocenters. The van der Waals surface area contributed by atoms with Gasteiger partial charge in [0.05, 0.1) is 38.1 Å². The Morgan fingerprint density at radius 1 is 0.880 bits per heavy atom. The molecule has 0 N–H and O–H groups in total. The number of ether oxygens (including phenoxy) is 3. The predicted octanol–water partition coefficient (Wildman–Crippen LogP) is 4.20. The Labute approximate surface area is 145 Å². The van der Waals surface area contributed by atoms with Crippen LogP contribution in [-0.4, -0.2) is 30.9 Å². The van der Waals surface area contributed by atoms with Crippen LogP contribution < -0.4 is 14.2 Å². The molecule has 0 radical (unpaired) electrons. The van der Waals surface area contributed by atoms with Gasteiger partial charge in [0, 0.05) is 23.2 Å². The SMILES string of the molecule is COc1cc2ccn(-c3cccc4ncccc34)c2c(OC)c1OC. The topological polar surface area (TPSA) is 45.5 Å². The lowest BCUT2D eigenvalue weighted by Gasteiger charge is -2.16. The van der Waals surface area contributed by atoms with Gasteiger partial charge in [-0.25, -0.2) is 0 Å². The quantitative estimate of drug-likeness (QED) is 0.561.